The highest BCUT2D eigenvalue weighted by molar-refractivity contribution is 6.27. The Morgan fingerprint density at radius 2 is 1.50 bits per heavy atom. The van der Waals surface area contributed by atoms with Crippen LogP contribution in [-0.2, 0) is 4.79 Å². The van der Waals surface area contributed by atoms with Gasteiger partial charge in [-0.3, -0.25) is 9.59 Å². The van der Waals surface area contributed by atoms with Gasteiger partial charge < -0.3 is 19.3 Å². The molecule has 22 heavy (non-hydrogen) atoms. The van der Waals surface area contributed by atoms with E-state index in [0.29, 0.717) is 43.2 Å². The molecule has 1 aliphatic heterocycles. The second kappa shape index (κ2) is 7.35. The van der Waals surface area contributed by atoms with E-state index in [2.05, 4.69) is 0 Å². The number of benzene rings is 1. The number of hydrogen-bond acceptors (Lipinski definition) is 4. The van der Waals surface area contributed by atoms with Crippen molar-refractivity contribution in [2.45, 2.75) is 0 Å². The Morgan fingerprint density at radius 1 is 1.00 bits per heavy atom. The van der Waals surface area contributed by atoms with E-state index < -0.39 is 0 Å². The van der Waals surface area contributed by atoms with Crippen molar-refractivity contribution in [1.82, 2.24) is 9.80 Å². The number of piperazine rings is 1. The number of hydrogen-bond donors (Lipinski definition) is 0. The van der Waals surface area contributed by atoms with Crippen molar-refractivity contribution >= 4 is 23.4 Å². The van der Waals surface area contributed by atoms with Crippen LogP contribution in [0.4, 0.5) is 0 Å². The normalized spacial score (nSPS) is 14.7. The second-order valence-corrected chi connectivity index (χ2v) is 5.18. The fourth-order valence-electron chi connectivity index (χ4n) is 2.36. The Labute approximate surface area is 134 Å². The van der Waals surface area contributed by atoms with Gasteiger partial charge in [0, 0.05) is 37.8 Å². The van der Waals surface area contributed by atoms with Crippen molar-refractivity contribution in [3.05, 3.63) is 23.8 Å². The molecular weight excluding hydrogens is 308 g/mol. The highest BCUT2D eigenvalue weighted by Crippen LogP contribution is 2.23. The van der Waals surface area contributed by atoms with Gasteiger partial charge >= 0.3 is 0 Å². The quantitative estimate of drug-likeness (QED) is 0.781. The molecular formula is C15H19ClN2O4. The van der Waals surface area contributed by atoms with Crippen LogP contribution in [0.25, 0.3) is 0 Å². The van der Waals surface area contributed by atoms with Crippen molar-refractivity contribution < 1.29 is 19.1 Å². The summed E-state index contributed by atoms with van der Waals surface area (Å²) in [5.41, 5.74) is 0.508. The molecule has 120 valence electrons. The number of alkyl halides is 1. The third-order valence-corrected chi connectivity index (χ3v) is 3.86. The van der Waals surface area contributed by atoms with Gasteiger partial charge in [0.15, 0.2) is 0 Å². The van der Waals surface area contributed by atoms with E-state index in [1.54, 1.807) is 42.2 Å². The minimum atomic E-state index is -0.102. The van der Waals surface area contributed by atoms with E-state index in [0.717, 1.165) is 0 Å². The van der Waals surface area contributed by atoms with Crippen LogP contribution < -0.4 is 9.47 Å². The fourth-order valence-corrected chi connectivity index (χ4v) is 2.53. The third kappa shape index (κ3) is 3.62. The van der Waals surface area contributed by atoms with Gasteiger partial charge in [0.05, 0.1) is 14.2 Å². The number of halogens is 1. The molecule has 0 radical (unpaired) electrons. The zero-order chi connectivity index (χ0) is 16.1. The van der Waals surface area contributed by atoms with Crippen molar-refractivity contribution in [2.24, 2.45) is 0 Å². The molecule has 1 aliphatic rings. The molecule has 1 saturated heterocycles. The summed E-state index contributed by atoms with van der Waals surface area (Å²) in [4.78, 5) is 27.5. The average molecular weight is 327 g/mol. The van der Waals surface area contributed by atoms with Gasteiger partial charge in [-0.25, -0.2) is 0 Å². The van der Waals surface area contributed by atoms with Crippen LogP contribution in [0.2, 0.25) is 0 Å². The molecule has 6 nitrogen and oxygen atoms in total. The molecule has 0 aromatic heterocycles. The predicted octanol–water partition coefficient (Wildman–Crippen LogP) is 1.23. The van der Waals surface area contributed by atoms with Gasteiger partial charge in [0.25, 0.3) is 5.91 Å². The molecule has 2 rings (SSSR count). The number of rotatable bonds is 4. The fraction of sp³-hybridized carbons (Fsp3) is 0.467. The Balaban J connectivity index is 2.08. The van der Waals surface area contributed by atoms with Gasteiger partial charge in [-0.15, -0.1) is 11.6 Å². The highest BCUT2D eigenvalue weighted by atomic mass is 35.5. The van der Waals surface area contributed by atoms with Crippen LogP contribution in [0.5, 0.6) is 11.5 Å². The number of carbonyl (C=O) groups is 2. The number of carbonyl (C=O) groups excluding carboxylic acids is 2. The lowest BCUT2D eigenvalue weighted by Crippen LogP contribution is -2.50. The van der Waals surface area contributed by atoms with Crippen LogP contribution in [0.1, 0.15) is 10.4 Å². The van der Waals surface area contributed by atoms with Gasteiger partial charge in [0.2, 0.25) is 5.91 Å². The molecule has 0 bridgehead atoms. The van der Waals surface area contributed by atoms with Crippen LogP contribution in [0, 0.1) is 0 Å². The topological polar surface area (TPSA) is 59.1 Å². The van der Waals surface area contributed by atoms with E-state index in [1.807, 2.05) is 0 Å². The van der Waals surface area contributed by atoms with E-state index in [4.69, 9.17) is 21.1 Å². The molecule has 0 unspecified atom stereocenters. The minimum absolute atomic E-state index is 0.0268. The second-order valence-electron chi connectivity index (χ2n) is 4.91. The van der Waals surface area contributed by atoms with Crippen LogP contribution in [0.3, 0.4) is 0 Å². The Morgan fingerprint density at radius 3 is 1.95 bits per heavy atom. The maximum absolute atomic E-state index is 12.6. The van der Waals surface area contributed by atoms with E-state index >= 15 is 0 Å². The van der Waals surface area contributed by atoms with Gasteiger partial charge in [-0.1, -0.05) is 0 Å². The minimum Gasteiger partial charge on any atom is -0.497 e. The average Bonchev–Trinajstić information content (AvgIpc) is 2.59. The van der Waals surface area contributed by atoms with E-state index in [9.17, 15) is 9.59 Å². The number of amides is 2. The molecule has 7 heteroatoms. The predicted molar refractivity (Wildman–Crippen MR) is 82.7 cm³/mol. The molecule has 0 spiro atoms. The summed E-state index contributed by atoms with van der Waals surface area (Å²) >= 11 is 5.55. The van der Waals surface area contributed by atoms with Crippen molar-refractivity contribution in [2.75, 3.05) is 46.3 Å². The molecule has 2 amide bonds. The van der Waals surface area contributed by atoms with Gasteiger partial charge in [0.1, 0.15) is 17.4 Å². The molecule has 0 aliphatic carbocycles. The summed E-state index contributed by atoms with van der Waals surface area (Å²) in [5.74, 6) is 0.908. The molecule has 0 saturated carbocycles. The standard InChI is InChI=1S/C15H19ClN2O4/c1-21-12-7-11(8-13(9-12)22-2)15(20)18-5-3-17(4-6-18)14(19)10-16/h7-9H,3-6,10H2,1-2H3. The maximum atomic E-state index is 12.6. The first kappa shape index (κ1) is 16.4. The van der Waals surface area contributed by atoms with E-state index in [-0.39, 0.29) is 17.7 Å². The zero-order valence-electron chi connectivity index (χ0n) is 12.7. The third-order valence-electron chi connectivity index (χ3n) is 3.63. The van der Waals surface area contributed by atoms with Gasteiger partial charge in [-0.05, 0) is 12.1 Å². The summed E-state index contributed by atoms with van der Waals surface area (Å²) < 4.78 is 10.4. The summed E-state index contributed by atoms with van der Waals surface area (Å²) in [5, 5.41) is 0. The summed E-state index contributed by atoms with van der Waals surface area (Å²) in [6.07, 6.45) is 0. The highest BCUT2D eigenvalue weighted by Gasteiger charge is 2.25. The van der Waals surface area contributed by atoms with Crippen LogP contribution in [0.15, 0.2) is 18.2 Å². The molecule has 1 heterocycles. The van der Waals surface area contributed by atoms with Crippen molar-refractivity contribution in [3.63, 3.8) is 0 Å². The van der Waals surface area contributed by atoms with Crippen molar-refractivity contribution in [3.8, 4) is 11.5 Å². The largest absolute Gasteiger partial charge is 0.497 e. The SMILES string of the molecule is COc1cc(OC)cc(C(=O)N2CCN(C(=O)CCl)CC2)c1. The number of ether oxygens (including phenoxy) is 2. The lowest BCUT2D eigenvalue weighted by atomic mass is 10.1. The smallest absolute Gasteiger partial charge is 0.254 e. The molecule has 1 aromatic carbocycles. The lowest BCUT2D eigenvalue weighted by molar-refractivity contribution is -0.129. The summed E-state index contributed by atoms with van der Waals surface area (Å²) in [6.45, 7) is 1.97. The molecule has 0 atom stereocenters. The van der Waals surface area contributed by atoms with Gasteiger partial charge in [-0.2, -0.15) is 0 Å². The Bertz CT molecular complexity index is 534. The maximum Gasteiger partial charge on any atom is 0.254 e. The molecule has 1 fully saturated rings. The van der Waals surface area contributed by atoms with Crippen LogP contribution in [-0.4, -0.2) is 67.9 Å². The Kier molecular flexibility index (Phi) is 5.49. The summed E-state index contributed by atoms with van der Waals surface area (Å²) in [7, 11) is 3.08. The first-order valence-corrected chi connectivity index (χ1v) is 7.48. The Hall–Kier alpha value is -1.95. The molecule has 1 aromatic rings. The first-order chi connectivity index (χ1) is 10.6. The van der Waals surface area contributed by atoms with Crippen LogP contribution >= 0.6 is 11.6 Å². The first-order valence-electron chi connectivity index (χ1n) is 6.95. The summed E-state index contributed by atoms with van der Waals surface area (Å²) in [6, 6.07) is 5.08. The number of nitrogens with zero attached hydrogens (tertiary/aromatic N) is 2. The van der Waals surface area contributed by atoms with E-state index in [1.165, 1.54) is 0 Å². The van der Waals surface area contributed by atoms with Crippen molar-refractivity contribution in [1.29, 1.82) is 0 Å². The lowest BCUT2D eigenvalue weighted by Gasteiger charge is -2.34. The zero-order valence-corrected chi connectivity index (χ0v) is 13.4. The molecule has 0 N–H and O–H groups in total. The number of methoxy groups -OCH3 is 2. The monoisotopic (exact) mass is 326 g/mol.